The molecule has 2 aromatic rings. The van der Waals surface area contributed by atoms with Crippen LogP contribution in [0.5, 0.6) is 5.75 Å². The second-order valence-corrected chi connectivity index (χ2v) is 4.59. The van der Waals surface area contributed by atoms with Crippen molar-refractivity contribution in [3.63, 3.8) is 0 Å². The van der Waals surface area contributed by atoms with E-state index < -0.39 is 0 Å². The van der Waals surface area contributed by atoms with Gasteiger partial charge >= 0.3 is 0 Å². The predicted molar refractivity (Wildman–Crippen MR) is 81.5 cm³/mol. The molecule has 2 rings (SSSR count). The summed E-state index contributed by atoms with van der Waals surface area (Å²) < 4.78 is 5.26. The monoisotopic (exact) mass is 289 g/mol. The van der Waals surface area contributed by atoms with Crippen molar-refractivity contribution >= 4 is 22.8 Å². The molecule has 0 spiro atoms. The van der Waals surface area contributed by atoms with E-state index in [1.807, 2.05) is 18.2 Å². The molecule has 7 nitrogen and oxygen atoms in total. The van der Waals surface area contributed by atoms with Gasteiger partial charge in [-0.05, 0) is 31.2 Å². The number of nitrogens with one attached hydrogen (secondary N) is 2. The van der Waals surface area contributed by atoms with Crippen LogP contribution in [0.1, 0.15) is 16.9 Å². The first-order chi connectivity index (χ1) is 10.1. The summed E-state index contributed by atoms with van der Waals surface area (Å²) >= 11 is 0. The van der Waals surface area contributed by atoms with E-state index in [1.54, 1.807) is 13.2 Å². The molecule has 0 unspecified atom stereocenters. The number of guanidine groups is 1. The normalized spacial score (nSPS) is 10.6. The zero-order valence-corrected chi connectivity index (χ0v) is 11.8. The summed E-state index contributed by atoms with van der Waals surface area (Å²) in [6.07, 6.45) is 0.578. The minimum atomic E-state index is -0.353. The second kappa shape index (κ2) is 6.27. The zero-order valence-electron chi connectivity index (χ0n) is 11.8. The molecule has 1 amide bonds. The topological polar surface area (TPSA) is 121 Å². The van der Waals surface area contributed by atoms with Crippen molar-refractivity contribution in [3.8, 4) is 5.75 Å². The maximum atomic E-state index is 12.5. The summed E-state index contributed by atoms with van der Waals surface area (Å²) in [6, 6.07) is 7.21. The van der Waals surface area contributed by atoms with E-state index in [0.29, 0.717) is 31.0 Å². The maximum Gasteiger partial charge on any atom is 0.277 e. The third kappa shape index (κ3) is 2.97. The van der Waals surface area contributed by atoms with E-state index >= 15 is 0 Å². The lowest BCUT2D eigenvalue weighted by molar-refractivity contribution is 0.0839. The smallest absolute Gasteiger partial charge is 0.277 e. The van der Waals surface area contributed by atoms with Gasteiger partial charge in [-0.15, -0.1) is 0 Å². The summed E-state index contributed by atoms with van der Waals surface area (Å²) in [6.45, 7) is 0.745. The Morgan fingerprint density at radius 3 is 2.86 bits per heavy atom. The van der Waals surface area contributed by atoms with Crippen LogP contribution in [0.3, 0.4) is 0 Å². The molecule has 0 bridgehead atoms. The van der Waals surface area contributed by atoms with Crippen LogP contribution in [0.15, 0.2) is 24.3 Å². The van der Waals surface area contributed by atoms with Gasteiger partial charge in [0.15, 0.2) is 5.96 Å². The number of carbonyl (C=O) groups excluding carboxylic acids is 1. The van der Waals surface area contributed by atoms with Gasteiger partial charge < -0.3 is 21.2 Å². The first-order valence-corrected chi connectivity index (χ1v) is 6.60. The molecule has 21 heavy (non-hydrogen) atoms. The predicted octanol–water partition coefficient (Wildman–Crippen LogP) is 0.861. The minimum Gasteiger partial charge on any atom is -0.496 e. The molecule has 0 saturated carbocycles. The number of aromatic amines is 1. The van der Waals surface area contributed by atoms with Crippen molar-refractivity contribution in [1.82, 2.24) is 9.88 Å². The standard InChI is InChI=1S/C14H19N5O2/c1-21-12-5-2-4-10-9(12)8-11(18-10)13(20)19(14(16)17)7-3-6-15/h2,4-5,8,18H,3,6-7,15H2,1H3,(H3,16,17). The Bertz CT molecular complexity index is 664. The van der Waals surface area contributed by atoms with Crippen molar-refractivity contribution in [2.75, 3.05) is 20.2 Å². The molecular weight excluding hydrogens is 270 g/mol. The number of ether oxygens (including phenoxy) is 1. The largest absolute Gasteiger partial charge is 0.496 e. The number of amides is 1. The summed E-state index contributed by atoms with van der Waals surface area (Å²) in [5, 5.41) is 8.34. The van der Waals surface area contributed by atoms with Gasteiger partial charge in [-0.3, -0.25) is 15.1 Å². The Balaban J connectivity index is 2.35. The fraction of sp³-hybridized carbons (Fsp3) is 0.286. The molecule has 0 aliphatic carbocycles. The highest BCUT2D eigenvalue weighted by Crippen LogP contribution is 2.26. The van der Waals surface area contributed by atoms with E-state index in [-0.39, 0.29) is 11.9 Å². The molecule has 0 aliphatic heterocycles. The van der Waals surface area contributed by atoms with Crippen LogP contribution in [0.25, 0.3) is 10.9 Å². The first kappa shape index (κ1) is 14.9. The molecule has 0 saturated heterocycles. The number of hydrogen-bond acceptors (Lipinski definition) is 4. The van der Waals surface area contributed by atoms with Crippen molar-refractivity contribution in [2.24, 2.45) is 11.5 Å². The SMILES string of the molecule is COc1cccc2[nH]c(C(=O)N(CCCN)C(=N)N)cc12. The van der Waals surface area contributed by atoms with E-state index in [2.05, 4.69) is 4.98 Å². The number of carbonyl (C=O) groups is 1. The Hall–Kier alpha value is -2.54. The summed E-state index contributed by atoms with van der Waals surface area (Å²) in [7, 11) is 1.58. The van der Waals surface area contributed by atoms with Gasteiger partial charge in [0.2, 0.25) is 0 Å². The van der Waals surface area contributed by atoms with E-state index in [9.17, 15) is 4.79 Å². The van der Waals surface area contributed by atoms with Crippen molar-refractivity contribution in [2.45, 2.75) is 6.42 Å². The van der Waals surface area contributed by atoms with Crippen molar-refractivity contribution in [1.29, 1.82) is 5.41 Å². The number of H-pyrrole nitrogens is 1. The highest BCUT2D eigenvalue weighted by atomic mass is 16.5. The fourth-order valence-electron chi connectivity index (χ4n) is 2.15. The number of hydrogen-bond donors (Lipinski definition) is 4. The lowest BCUT2D eigenvalue weighted by Gasteiger charge is -2.19. The van der Waals surface area contributed by atoms with Gasteiger partial charge in [0.1, 0.15) is 11.4 Å². The quantitative estimate of drug-likeness (QED) is 0.481. The van der Waals surface area contributed by atoms with Crippen LogP contribution < -0.4 is 16.2 Å². The molecule has 0 radical (unpaired) electrons. The number of methoxy groups -OCH3 is 1. The summed E-state index contributed by atoms with van der Waals surface area (Å²) in [5.74, 6) is 0.0346. The third-order valence-corrected chi connectivity index (χ3v) is 3.20. The lowest BCUT2D eigenvalue weighted by Crippen LogP contribution is -2.42. The first-order valence-electron chi connectivity index (χ1n) is 6.60. The molecule has 112 valence electrons. The van der Waals surface area contributed by atoms with E-state index in [1.165, 1.54) is 4.90 Å². The van der Waals surface area contributed by atoms with Gasteiger partial charge in [0.05, 0.1) is 7.11 Å². The third-order valence-electron chi connectivity index (χ3n) is 3.20. The summed E-state index contributed by atoms with van der Waals surface area (Å²) in [4.78, 5) is 16.7. The number of fused-ring (bicyclic) bond motifs is 1. The molecule has 1 aromatic carbocycles. The Morgan fingerprint density at radius 1 is 1.48 bits per heavy atom. The molecular formula is C14H19N5O2. The molecule has 1 heterocycles. The van der Waals surface area contributed by atoms with E-state index in [0.717, 1.165) is 10.9 Å². The number of benzene rings is 1. The maximum absolute atomic E-state index is 12.5. The highest BCUT2D eigenvalue weighted by Gasteiger charge is 2.20. The Labute approximate surface area is 122 Å². The number of rotatable bonds is 5. The van der Waals surface area contributed by atoms with Crippen LogP contribution in [0.2, 0.25) is 0 Å². The Kier molecular flexibility index (Phi) is 4.44. The molecule has 0 atom stereocenters. The van der Waals surface area contributed by atoms with Crippen LogP contribution in [0, 0.1) is 5.41 Å². The van der Waals surface area contributed by atoms with Gasteiger partial charge in [0, 0.05) is 17.4 Å². The fourth-order valence-corrected chi connectivity index (χ4v) is 2.15. The average molecular weight is 289 g/mol. The van der Waals surface area contributed by atoms with Gasteiger partial charge in [-0.1, -0.05) is 6.07 Å². The molecule has 6 N–H and O–H groups in total. The number of nitrogens with two attached hydrogens (primary N) is 2. The number of nitrogens with zero attached hydrogens (tertiary/aromatic N) is 1. The van der Waals surface area contributed by atoms with Gasteiger partial charge in [0.25, 0.3) is 5.91 Å². The molecule has 0 fully saturated rings. The Morgan fingerprint density at radius 2 is 2.24 bits per heavy atom. The van der Waals surface area contributed by atoms with Crippen molar-refractivity contribution < 1.29 is 9.53 Å². The average Bonchev–Trinajstić information content (AvgIpc) is 2.90. The molecule has 0 aliphatic rings. The van der Waals surface area contributed by atoms with Crippen LogP contribution >= 0.6 is 0 Å². The second-order valence-electron chi connectivity index (χ2n) is 4.59. The van der Waals surface area contributed by atoms with E-state index in [4.69, 9.17) is 21.6 Å². The van der Waals surface area contributed by atoms with Gasteiger partial charge in [-0.25, -0.2) is 0 Å². The molecule has 1 aromatic heterocycles. The highest BCUT2D eigenvalue weighted by molar-refractivity contribution is 6.06. The zero-order chi connectivity index (χ0) is 15.4. The lowest BCUT2D eigenvalue weighted by atomic mass is 10.2. The minimum absolute atomic E-state index is 0.293. The summed E-state index contributed by atoms with van der Waals surface area (Å²) in [5.41, 5.74) is 12.1. The van der Waals surface area contributed by atoms with Crippen LogP contribution in [0.4, 0.5) is 0 Å². The van der Waals surface area contributed by atoms with Crippen LogP contribution in [-0.2, 0) is 0 Å². The van der Waals surface area contributed by atoms with Crippen LogP contribution in [-0.4, -0.2) is 41.9 Å². The molecule has 7 heteroatoms. The van der Waals surface area contributed by atoms with Crippen molar-refractivity contribution in [3.05, 3.63) is 30.0 Å². The van der Waals surface area contributed by atoms with Gasteiger partial charge in [-0.2, -0.15) is 0 Å². The number of aromatic nitrogens is 1.